The lowest BCUT2D eigenvalue weighted by atomic mass is 10.00. The number of aromatic nitrogens is 1. The van der Waals surface area contributed by atoms with Crippen LogP contribution in [0.4, 0.5) is 5.69 Å². The number of hydrogen-bond acceptors (Lipinski definition) is 6. The highest BCUT2D eigenvalue weighted by atomic mass is 32.2. The van der Waals surface area contributed by atoms with E-state index in [1.54, 1.807) is 55.5 Å². The Morgan fingerprint density at radius 1 is 1.03 bits per heavy atom. The second-order valence-electron chi connectivity index (χ2n) is 10.1. The number of amides is 2. The van der Waals surface area contributed by atoms with Crippen LogP contribution in [0.15, 0.2) is 77.7 Å². The summed E-state index contributed by atoms with van der Waals surface area (Å²) in [4.78, 5) is 32.8. The van der Waals surface area contributed by atoms with Crippen LogP contribution in [0.2, 0.25) is 0 Å². The third-order valence-corrected chi connectivity index (χ3v) is 10.3. The van der Waals surface area contributed by atoms with Gasteiger partial charge in [-0.05, 0) is 81.3 Å². The maximum absolute atomic E-state index is 13.8. The molecule has 1 unspecified atom stereocenters. The minimum Gasteiger partial charge on any atom is -0.274 e. The number of thiazole rings is 1. The molecule has 1 aliphatic rings. The molecule has 0 spiro atoms. The van der Waals surface area contributed by atoms with E-state index >= 15 is 0 Å². The van der Waals surface area contributed by atoms with Gasteiger partial charge in [0.1, 0.15) is 11.0 Å². The third-order valence-electron chi connectivity index (χ3n) is 7.08. The van der Waals surface area contributed by atoms with Crippen LogP contribution in [-0.4, -0.2) is 41.1 Å². The van der Waals surface area contributed by atoms with E-state index in [-0.39, 0.29) is 11.3 Å². The number of rotatable bonds is 7. The number of imide groups is 1. The van der Waals surface area contributed by atoms with E-state index in [9.17, 15) is 18.0 Å². The molecule has 7 nitrogen and oxygen atoms in total. The highest BCUT2D eigenvalue weighted by molar-refractivity contribution is 7.89. The molecule has 2 heterocycles. The van der Waals surface area contributed by atoms with Crippen LogP contribution < -0.4 is 4.90 Å². The number of aryl methyl sites for hydroxylation is 1. The van der Waals surface area contributed by atoms with Gasteiger partial charge in [0.2, 0.25) is 15.9 Å². The molecule has 1 saturated heterocycles. The number of carbonyl (C=O) groups excluding carboxylic acids is 2. The fourth-order valence-electron chi connectivity index (χ4n) is 4.76. The lowest BCUT2D eigenvalue weighted by molar-refractivity contribution is -0.122. The number of sulfonamides is 1. The van der Waals surface area contributed by atoms with Gasteiger partial charge in [-0.1, -0.05) is 31.2 Å². The van der Waals surface area contributed by atoms with Crippen LogP contribution in [0, 0.1) is 6.92 Å². The minimum atomic E-state index is -4.05. The maximum Gasteiger partial charge on any atom is 0.252 e. The fraction of sp³-hybridized carbons (Fsp3) is 0.276. The van der Waals surface area contributed by atoms with Gasteiger partial charge in [-0.2, -0.15) is 4.31 Å². The summed E-state index contributed by atoms with van der Waals surface area (Å²) in [5.41, 5.74) is 2.49. The quantitative estimate of drug-likeness (QED) is 0.274. The predicted octanol–water partition coefficient (Wildman–Crippen LogP) is 5.78. The Kier molecular flexibility index (Phi) is 6.71. The molecule has 0 saturated carbocycles. The molecule has 3 aromatic carbocycles. The zero-order valence-electron chi connectivity index (χ0n) is 21.7. The molecule has 1 aromatic heterocycles. The Hall–Kier alpha value is -3.40. The van der Waals surface area contributed by atoms with Crippen molar-refractivity contribution in [2.24, 2.45) is 0 Å². The first-order valence-corrected chi connectivity index (χ1v) is 14.7. The zero-order valence-corrected chi connectivity index (χ0v) is 23.3. The summed E-state index contributed by atoms with van der Waals surface area (Å²) < 4.78 is 29.8. The first-order chi connectivity index (χ1) is 18.0. The highest BCUT2D eigenvalue weighted by Gasteiger charge is 2.51. The van der Waals surface area contributed by atoms with Crippen molar-refractivity contribution in [1.29, 1.82) is 0 Å². The summed E-state index contributed by atoms with van der Waals surface area (Å²) in [6, 6.07) is 20.1. The monoisotopic (exact) mass is 547 g/mol. The van der Waals surface area contributed by atoms with Crippen molar-refractivity contribution in [3.05, 3.63) is 78.4 Å². The van der Waals surface area contributed by atoms with E-state index in [0.29, 0.717) is 12.1 Å². The summed E-state index contributed by atoms with van der Waals surface area (Å²) in [6.45, 7) is 7.47. The lowest BCUT2D eigenvalue weighted by Gasteiger charge is -2.39. The molecule has 9 heteroatoms. The van der Waals surface area contributed by atoms with Gasteiger partial charge in [0.25, 0.3) is 5.91 Å². The fourth-order valence-corrected chi connectivity index (χ4v) is 7.83. The summed E-state index contributed by atoms with van der Waals surface area (Å²) >= 11 is 1.58. The number of carbonyl (C=O) groups is 2. The normalized spacial score (nSPS) is 16.7. The standard InChI is InChI=1S/C29H29N3O4S2/c1-5-29(3,4)32(38(35,36)22-9-7-6-8-10-22)24-18-26(33)31(28(24)34)21-14-12-20(13-15-21)27-30-23-16-11-19(2)17-25(23)37-27/h6-17,24H,5,18H2,1-4H3. The number of benzene rings is 3. The van der Waals surface area contributed by atoms with Crippen molar-refractivity contribution in [3.63, 3.8) is 0 Å². The van der Waals surface area contributed by atoms with E-state index in [4.69, 9.17) is 4.98 Å². The Bertz CT molecular complexity index is 1630. The average molecular weight is 548 g/mol. The molecule has 0 aliphatic carbocycles. The summed E-state index contributed by atoms with van der Waals surface area (Å²) in [6.07, 6.45) is 0.251. The van der Waals surface area contributed by atoms with Gasteiger partial charge < -0.3 is 0 Å². The van der Waals surface area contributed by atoms with Crippen LogP contribution >= 0.6 is 11.3 Å². The molecule has 1 atom stereocenters. The SMILES string of the molecule is CCC(C)(C)N(C1CC(=O)N(c2ccc(-c3nc4ccc(C)cc4s3)cc2)C1=O)S(=O)(=O)c1ccccc1. The third kappa shape index (κ3) is 4.55. The number of fused-ring (bicyclic) bond motifs is 1. The van der Waals surface area contributed by atoms with Crippen LogP contribution in [0.1, 0.15) is 39.2 Å². The van der Waals surface area contributed by atoms with Gasteiger partial charge in [0.05, 0.1) is 27.2 Å². The Balaban J connectivity index is 1.47. The van der Waals surface area contributed by atoms with Gasteiger partial charge in [-0.3, -0.25) is 9.59 Å². The Morgan fingerprint density at radius 2 is 1.71 bits per heavy atom. The number of nitrogens with zero attached hydrogens (tertiary/aromatic N) is 3. The van der Waals surface area contributed by atoms with Gasteiger partial charge in [-0.15, -0.1) is 11.3 Å². The van der Waals surface area contributed by atoms with E-state index in [1.807, 2.05) is 38.1 Å². The van der Waals surface area contributed by atoms with Crippen LogP contribution in [0.25, 0.3) is 20.8 Å². The summed E-state index contributed by atoms with van der Waals surface area (Å²) in [7, 11) is -4.05. The molecule has 1 fully saturated rings. The smallest absolute Gasteiger partial charge is 0.252 e. The van der Waals surface area contributed by atoms with E-state index in [2.05, 4.69) is 6.07 Å². The largest absolute Gasteiger partial charge is 0.274 e. The molecule has 196 valence electrons. The zero-order chi connectivity index (χ0) is 27.2. The van der Waals surface area contributed by atoms with Gasteiger partial charge in [0.15, 0.2) is 0 Å². The Morgan fingerprint density at radius 3 is 2.37 bits per heavy atom. The summed E-state index contributed by atoms with van der Waals surface area (Å²) in [5.74, 6) is -0.970. The van der Waals surface area contributed by atoms with Crippen LogP contribution in [0.3, 0.4) is 0 Å². The summed E-state index contributed by atoms with van der Waals surface area (Å²) in [5, 5.41) is 0.846. The topological polar surface area (TPSA) is 87.7 Å². The lowest BCUT2D eigenvalue weighted by Crippen LogP contribution is -2.55. The maximum atomic E-state index is 13.8. The predicted molar refractivity (Wildman–Crippen MR) is 151 cm³/mol. The molecule has 0 N–H and O–H groups in total. The molecular formula is C29H29N3O4S2. The Labute approximate surface area is 226 Å². The van der Waals surface area contributed by atoms with Crippen LogP contribution in [0.5, 0.6) is 0 Å². The van der Waals surface area contributed by atoms with E-state index < -0.39 is 33.4 Å². The average Bonchev–Trinajstić information content (AvgIpc) is 3.44. The number of hydrogen-bond donors (Lipinski definition) is 0. The van der Waals surface area contributed by atoms with Crippen molar-refractivity contribution in [2.75, 3.05) is 4.90 Å². The molecule has 5 rings (SSSR count). The molecule has 0 bridgehead atoms. The molecule has 2 amide bonds. The minimum absolute atomic E-state index is 0.0932. The van der Waals surface area contributed by atoms with Gasteiger partial charge in [0, 0.05) is 11.1 Å². The molecule has 0 radical (unpaired) electrons. The van der Waals surface area contributed by atoms with Gasteiger partial charge in [-0.25, -0.2) is 18.3 Å². The van der Waals surface area contributed by atoms with E-state index in [1.165, 1.54) is 22.0 Å². The van der Waals surface area contributed by atoms with Crippen molar-refractivity contribution in [1.82, 2.24) is 9.29 Å². The van der Waals surface area contributed by atoms with Crippen LogP contribution in [-0.2, 0) is 19.6 Å². The van der Waals surface area contributed by atoms with Crippen molar-refractivity contribution >= 4 is 49.1 Å². The molecular weight excluding hydrogens is 518 g/mol. The highest BCUT2D eigenvalue weighted by Crippen LogP contribution is 2.37. The second kappa shape index (κ2) is 9.72. The molecule has 1 aliphatic heterocycles. The van der Waals surface area contributed by atoms with E-state index in [0.717, 1.165) is 25.7 Å². The molecule has 4 aromatic rings. The van der Waals surface area contributed by atoms with Gasteiger partial charge >= 0.3 is 0 Å². The van der Waals surface area contributed by atoms with Crippen molar-refractivity contribution in [3.8, 4) is 10.6 Å². The van der Waals surface area contributed by atoms with Crippen molar-refractivity contribution in [2.45, 2.75) is 57.0 Å². The molecule has 38 heavy (non-hydrogen) atoms. The first-order valence-electron chi connectivity index (χ1n) is 12.5. The number of anilines is 1. The first kappa shape index (κ1) is 26.2. The van der Waals surface area contributed by atoms with Crippen molar-refractivity contribution < 1.29 is 18.0 Å². The second-order valence-corrected chi connectivity index (χ2v) is 12.9.